The molecule has 0 unspecified atom stereocenters. The number of nitrogens with zero attached hydrogens (tertiary/aromatic N) is 3. The number of ether oxygens (including phenoxy) is 1. The molecule has 0 aliphatic carbocycles. The second kappa shape index (κ2) is 8.25. The Hall–Kier alpha value is -2.94. The number of hydrogen-bond acceptors (Lipinski definition) is 5. The Morgan fingerprint density at radius 1 is 1.32 bits per heavy atom. The zero-order chi connectivity index (χ0) is 18.4. The van der Waals surface area contributed by atoms with Crippen LogP contribution in [0.3, 0.4) is 0 Å². The summed E-state index contributed by atoms with van der Waals surface area (Å²) in [5.41, 5.74) is 2.72. The normalized spacial score (nSPS) is 10.3. The minimum absolute atomic E-state index is 0.240. The maximum Gasteiger partial charge on any atom is 0.340 e. The average Bonchev–Trinajstić information content (AvgIpc) is 2.63. The molecule has 0 fully saturated rings. The van der Waals surface area contributed by atoms with Crippen LogP contribution in [-0.4, -0.2) is 42.0 Å². The molecule has 6 nitrogen and oxygen atoms in total. The smallest absolute Gasteiger partial charge is 0.340 e. The number of aromatic nitrogens is 1. The fourth-order valence-corrected chi connectivity index (χ4v) is 2.62. The van der Waals surface area contributed by atoms with Gasteiger partial charge >= 0.3 is 5.97 Å². The Labute approximate surface area is 147 Å². The summed E-state index contributed by atoms with van der Waals surface area (Å²) in [5.74, 6) is -0.886. The molecule has 1 amide bonds. The lowest BCUT2D eigenvalue weighted by Crippen LogP contribution is -2.32. The van der Waals surface area contributed by atoms with Crippen molar-refractivity contribution in [3.8, 4) is 6.07 Å². The summed E-state index contributed by atoms with van der Waals surface area (Å²) in [4.78, 5) is 30.4. The van der Waals surface area contributed by atoms with E-state index in [2.05, 4.69) is 4.98 Å². The Morgan fingerprint density at radius 3 is 2.72 bits per heavy atom. The fraction of sp³-hybridized carbons (Fsp3) is 0.368. The maximum atomic E-state index is 12.5. The molecule has 1 aromatic heterocycles. The molecule has 0 bridgehead atoms. The summed E-state index contributed by atoms with van der Waals surface area (Å²) >= 11 is 0. The van der Waals surface area contributed by atoms with Crippen molar-refractivity contribution in [2.75, 3.05) is 20.2 Å². The third-order valence-electron chi connectivity index (χ3n) is 4.08. The summed E-state index contributed by atoms with van der Waals surface area (Å²) < 4.78 is 5.21. The first-order valence-electron chi connectivity index (χ1n) is 8.15. The number of fused-ring (bicyclic) bond motifs is 1. The van der Waals surface area contributed by atoms with E-state index < -0.39 is 5.97 Å². The lowest BCUT2D eigenvalue weighted by atomic mass is 10.0. The van der Waals surface area contributed by atoms with Gasteiger partial charge in [-0.25, -0.2) is 4.79 Å². The van der Waals surface area contributed by atoms with Crippen LogP contribution in [-0.2, 0) is 16.0 Å². The van der Waals surface area contributed by atoms with Crippen molar-refractivity contribution in [1.29, 1.82) is 5.26 Å². The summed E-state index contributed by atoms with van der Waals surface area (Å²) in [6.07, 6.45) is 0.829. The molecule has 0 radical (unpaired) electrons. The van der Waals surface area contributed by atoms with Gasteiger partial charge in [0.1, 0.15) is 0 Å². The molecule has 2 aromatic rings. The topological polar surface area (TPSA) is 83.3 Å². The van der Waals surface area contributed by atoms with E-state index in [1.165, 1.54) is 4.90 Å². The third-order valence-corrected chi connectivity index (χ3v) is 4.08. The summed E-state index contributed by atoms with van der Waals surface area (Å²) in [7, 11) is 1.58. The largest absolute Gasteiger partial charge is 0.452 e. The number of benzene rings is 1. The first kappa shape index (κ1) is 18.4. The van der Waals surface area contributed by atoms with Crippen molar-refractivity contribution in [3.05, 3.63) is 41.1 Å². The number of para-hydroxylation sites is 1. The van der Waals surface area contributed by atoms with Crippen LogP contribution in [0.5, 0.6) is 0 Å². The van der Waals surface area contributed by atoms with Crippen molar-refractivity contribution >= 4 is 22.8 Å². The van der Waals surface area contributed by atoms with E-state index >= 15 is 0 Å². The number of carbonyl (C=O) groups excluding carboxylic acids is 2. The van der Waals surface area contributed by atoms with Crippen LogP contribution in [0.1, 0.15) is 35.0 Å². The SMILES string of the molecule is CCc1nc2ccccc2c(C)c1C(=O)OCC(=O)N(C)CCC#N. The summed E-state index contributed by atoms with van der Waals surface area (Å²) in [5, 5.41) is 9.45. The van der Waals surface area contributed by atoms with Crippen molar-refractivity contribution in [3.63, 3.8) is 0 Å². The van der Waals surface area contributed by atoms with Gasteiger partial charge in [0, 0.05) is 19.0 Å². The van der Waals surface area contributed by atoms with Gasteiger partial charge in [-0.1, -0.05) is 25.1 Å². The van der Waals surface area contributed by atoms with Crippen LogP contribution in [0.2, 0.25) is 0 Å². The van der Waals surface area contributed by atoms with Crippen LogP contribution in [0, 0.1) is 18.3 Å². The highest BCUT2D eigenvalue weighted by Crippen LogP contribution is 2.24. The van der Waals surface area contributed by atoms with E-state index in [9.17, 15) is 9.59 Å². The Balaban J connectivity index is 2.20. The predicted molar refractivity (Wildman–Crippen MR) is 94.0 cm³/mol. The van der Waals surface area contributed by atoms with Crippen molar-refractivity contribution in [2.24, 2.45) is 0 Å². The molecule has 2 rings (SSSR count). The lowest BCUT2D eigenvalue weighted by Gasteiger charge is -2.16. The highest BCUT2D eigenvalue weighted by molar-refractivity contribution is 5.99. The number of hydrogen-bond donors (Lipinski definition) is 0. The zero-order valence-corrected chi connectivity index (χ0v) is 14.7. The monoisotopic (exact) mass is 339 g/mol. The lowest BCUT2D eigenvalue weighted by molar-refractivity contribution is -0.133. The minimum Gasteiger partial charge on any atom is -0.452 e. The van der Waals surface area contributed by atoms with E-state index in [0.717, 1.165) is 16.5 Å². The summed E-state index contributed by atoms with van der Waals surface area (Å²) in [6.45, 7) is 3.74. The van der Waals surface area contributed by atoms with Gasteiger partial charge in [-0.15, -0.1) is 0 Å². The number of amides is 1. The molecule has 0 aliphatic heterocycles. The van der Waals surface area contributed by atoms with Gasteiger partial charge in [0.05, 0.1) is 29.3 Å². The molecule has 6 heteroatoms. The summed E-state index contributed by atoms with van der Waals surface area (Å²) in [6, 6.07) is 9.59. The number of rotatable bonds is 6. The molecule has 0 aliphatic rings. The van der Waals surface area contributed by atoms with E-state index in [4.69, 9.17) is 10.00 Å². The molecular weight excluding hydrogens is 318 g/mol. The first-order valence-corrected chi connectivity index (χ1v) is 8.15. The van der Waals surface area contributed by atoms with Crippen molar-refractivity contribution < 1.29 is 14.3 Å². The van der Waals surface area contributed by atoms with E-state index in [-0.39, 0.29) is 18.9 Å². The number of nitriles is 1. The van der Waals surface area contributed by atoms with Crippen molar-refractivity contribution in [2.45, 2.75) is 26.7 Å². The van der Waals surface area contributed by atoms with Gasteiger partial charge in [0.2, 0.25) is 0 Å². The Kier molecular flexibility index (Phi) is 6.07. The molecule has 0 saturated heterocycles. The number of carbonyl (C=O) groups is 2. The first-order chi connectivity index (χ1) is 12.0. The molecule has 0 spiro atoms. The molecule has 0 saturated carbocycles. The van der Waals surface area contributed by atoms with E-state index in [1.807, 2.05) is 44.2 Å². The molecule has 1 aromatic carbocycles. The van der Waals surface area contributed by atoms with Crippen LogP contribution in [0.4, 0.5) is 0 Å². The van der Waals surface area contributed by atoms with Gasteiger partial charge in [-0.05, 0) is 25.0 Å². The molecule has 1 heterocycles. The van der Waals surface area contributed by atoms with Gasteiger partial charge in [-0.2, -0.15) is 5.26 Å². The van der Waals surface area contributed by atoms with Crippen LogP contribution < -0.4 is 0 Å². The number of esters is 1. The molecule has 25 heavy (non-hydrogen) atoms. The third kappa shape index (κ3) is 4.13. The minimum atomic E-state index is -0.547. The quantitative estimate of drug-likeness (QED) is 0.756. The van der Waals surface area contributed by atoms with Crippen LogP contribution >= 0.6 is 0 Å². The molecule has 130 valence electrons. The second-order valence-corrected chi connectivity index (χ2v) is 5.73. The highest BCUT2D eigenvalue weighted by Gasteiger charge is 2.20. The van der Waals surface area contributed by atoms with Gasteiger partial charge in [0.25, 0.3) is 5.91 Å². The maximum absolute atomic E-state index is 12.5. The number of pyridine rings is 1. The van der Waals surface area contributed by atoms with Crippen LogP contribution in [0.15, 0.2) is 24.3 Å². The zero-order valence-electron chi connectivity index (χ0n) is 14.7. The fourth-order valence-electron chi connectivity index (χ4n) is 2.62. The van der Waals surface area contributed by atoms with Gasteiger partial charge < -0.3 is 9.64 Å². The molecular formula is C19H21N3O3. The Morgan fingerprint density at radius 2 is 2.04 bits per heavy atom. The second-order valence-electron chi connectivity index (χ2n) is 5.73. The van der Waals surface area contributed by atoms with Gasteiger partial charge in [0.15, 0.2) is 6.61 Å². The van der Waals surface area contributed by atoms with E-state index in [0.29, 0.717) is 24.2 Å². The van der Waals surface area contributed by atoms with Crippen LogP contribution in [0.25, 0.3) is 10.9 Å². The predicted octanol–water partition coefficient (Wildman–Crippen LogP) is 2.63. The standard InChI is InChI=1S/C19H21N3O3/c1-4-15-18(13(2)14-8-5-6-9-16(14)21-15)19(24)25-12-17(23)22(3)11-7-10-20/h5-6,8-9H,4,7,11-12H2,1-3H3. The van der Waals surface area contributed by atoms with Gasteiger partial charge in [-0.3, -0.25) is 9.78 Å². The van der Waals surface area contributed by atoms with E-state index in [1.54, 1.807) is 7.05 Å². The average molecular weight is 339 g/mol. The Bertz CT molecular complexity index is 840. The highest BCUT2D eigenvalue weighted by atomic mass is 16.5. The number of aryl methyl sites for hydroxylation is 2. The van der Waals surface area contributed by atoms with Crippen molar-refractivity contribution in [1.82, 2.24) is 9.88 Å². The number of likely N-dealkylation sites (N-methyl/N-ethyl adjacent to an activating group) is 1. The molecule has 0 atom stereocenters. The molecule has 0 N–H and O–H groups in total.